The van der Waals surface area contributed by atoms with Crippen molar-refractivity contribution in [2.75, 3.05) is 0 Å². The molecule has 0 atom stereocenters. The van der Waals surface area contributed by atoms with Crippen LogP contribution < -0.4 is 0 Å². The topological polar surface area (TPSA) is 96.7 Å². The second kappa shape index (κ2) is 3.36. The number of benzene rings is 1. The van der Waals surface area contributed by atoms with E-state index < -0.39 is 15.8 Å². The number of hydrogen-bond acceptors (Lipinski definition) is 5. The van der Waals surface area contributed by atoms with E-state index in [0.717, 1.165) is 5.55 Å². The molecule has 0 unspecified atom stereocenters. The largest absolute Gasteiger partial charge is 0.477 e. The molecule has 0 amide bonds. The number of aromatic carboxylic acids is 1. The number of carbonyl (C=O) groups is 1. The summed E-state index contributed by atoms with van der Waals surface area (Å²) in [7, 11) is -3.62. The fourth-order valence-electron chi connectivity index (χ4n) is 1.83. The van der Waals surface area contributed by atoms with Gasteiger partial charge in [-0.3, -0.25) is 0 Å². The molecule has 90 valence electrons. The third kappa shape index (κ3) is 1.41. The first-order chi connectivity index (χ1) is 8.49. The van der Waals surface area contributed by atoms with Gasteiger partial charge in [0.25, 0.3) is 0 Å². The summed E-state index contributed by atoms with van der Waals surface area (Å²) < 4.78 is 23.6. The Morgan fingerprint density at radius 2 is 1.89 bits per heavy atom. The van der Waals surface area contributed by atoms with Gasteiger partial charge in [-0.25, -0.2) is 23.2 Å². The molecule has 2 aromatic rings. The minimum atomic E-state index is -3.62. The molecule has 3 rings (SSSR count). The standard InChI is InChI=1S/C11H6N2O4S/c14-11(15)8-4-2-6-1-3-7-10(9(6)13-8)18(16,17)5-12-7/h1-5H,(H,14,15). The second-order valence-corrected chi connectivity index (χ2v) is 5.48. The van der Waals surface area contributed by atoms with Gasteiger partial charge in [-0.15, -0.1) is 0 Å². The summed E-state index contributed by atoms with van der Waals surface area (Å²) in [5.74, 6) is -1.20. The molecule has 0 fully saturated rings. The van der Waals surface area contributed by atoms with Crippen molar-refractivity contribution in [1.82, 2.24) is 4.98 Å². The second-order valence-electron chi connectivity index (χ2n) is 3.77. The van der Waals surface area contributed by atoms with Crippen LogP contribution in [-0.4, -0.2) is 30.0 Å². The molecule has 1 aliphatic heterocycles. The van der Waals surface area contributed by atoms with E-state index in [9.17, 15) is 13.2 Å². The van der Waals surface area contributed by atoms with Crippen LogP contribution in [0.2, 0.25) is 0 Å². The number of carboxylic acid groups (broad SMARTS) is 1. The van der Waals surface area contributed by atoms with Crippen molar-refractivity contribution in [2.45, 2.75) is 4.90 Å². The normalized spacial score (nSPS) is 15.8. The molecular weight excluding hydrogens is 256 g/mol. The van der Waals surface area contributed by atoms with Crippen LogP contribution in [0.15, 0.2) is 34.2 Å². The van der Waals surface area contributed by atoms with E-state index in [2.05, 4.69) is 9.98 Å². The number of fused-ring (bicyclic) bond motifs is 3. The molecule has 0 radical (unpaired) electrons. The summed E-state index contributed by atoms with van der Waals surface area (Å²) in [4.78, 5) is 18.5. The van der Waals surface area contributed by atoms with Gasteiger partial charge in [0.1, 0.15) is 16.1 Å². The molecule has 1 aromatic carbocycles. The lowest BCUT2D eigenvalue weighted by atomic mass is 10.2. The Morgan fingerprint density at radius 1 is 1.17 bits per heavy atom. The summed E-state index contributed by atoms with van der Waals surface area (Å²) in [6.45, 7) is 0. The van der Waals surface area contributed by atoms with Gasteiger partial charge in [0, 0.05) is 5.39 Å². The maximum absolute atomic E-state index is 11.8. The number of aliphatic imine (C=N–C) groups is 1. The summed E-state index contributed by atoms with van der Waals surface area (Å²) in [6.07, 6.45) is 0. The highest BCUT2D eigenvalue weighted by atomic mass is 32.2. The van der Waals surface area contributed by atoms with Gasteiger partial charge >= 0.3 is 5.97 Å². The number of nitrogens with zero attached hydrogens (tertiary/aromatic N) is 2. The Kier molecular flexibility index (Phi) is 2.02. The average molecular weight is 262 g/mol. The predicted octanol–water partition coefficient (Wildman–Crippen LogP) is 1.38. The molecule has 18 heavy (non-hydrogen) atoms. The van der Waals surface area contributed by atoms with Crippen LogP contribution in [0, 0.1) is 0 Å². The zero-order chi connectivity index (χ0) is 12.9. The van der Waals surface area contributed by atoms with Gasteiger partial charge in [-0.2, -0.15) is 0 Å². The highest BCUT2D eigenvalue weighted by Gasteiger charge is 2.26. The Bertz CT molecular complexity index is 824. The van der Waals surface area contributed by atoms with Crippen molar-refractivity contribution in [3.05, 3.63) is 30.0 Å². The number of rotatable bonds is 1. The molecular formula is C11H6N2O4S. The van der Waals surface area contributed by atoms with E-state index in [1.165, 1.54) is 12.1 Å². The first-order valence-corrected chi connectivity index (χ1v) is 6.50. The maximum Gasteiger partial charge on any atom is 0.354 e. The molecule has 0 saturated carbocycles. The Morgan fingerprint density at radius 3 is 2.61 bits per heavy atom. The van der Waals surface area contributed by atoms with Crippen molar-refractivity contribution in [3.8, 4) is 0 Å². The Balaban J connectivity index is 2.46. The Hall–Kier alpha value is -2.28. The zero-order valence-corrected chi connectivity index (χ0v) is 9.68. The van der Waals surface area contributed by atoms with Crippen molar-refractivity contribution >= 4 is 37.9 Å². The van der Waals surface area contributed by atoms with Crippen LogP contribution in [0.3, 0.4) is 0 Å². The van der Waals surface area contributed by atoms with E-state index in [-0.39, 0.29) is 21.8 Å². The number of aromatic nitrogens is 1. The van der Waals surface area contributed by atoms with Crippen LogP contribution in [0.4, 0.5) is 5.69 Å². The maximum atomic E-state index is 11.8. The lowest BCUT2D eigenvalue weighted by molar-refractivity contribution is 0.0691. The van der Waals surface area contributed by atoms with Crippen molar-refractivity contribution in [2.24, 2.45) is 4.99 Å². The van der Waals surface area contributed by atoms with Crippen molar-refractivity contribution in [1.29, 1.82) is 0 Å². The first kappa shape index (κ1) is 10.8. The van der Waals surface area contributed by atoms with Crippen LogP contribution in [-0.2, 0) is 9.84 Å². The molecule has 0 saturated heterocycles. The van der Waals surface area contributed by atoms with Crippen LogP contribution in [0.1, 0.15) is 10.5 Å². The molecule has 1 N–H and O–H groups in total. The highest BCUT2D eigenvalue weighted by Crippen LogP contribution is 2.35. The fraction of sp³-hybridized carbons (Fsp3) is 0. The summed E-state index contributed by atoms with van der Waals surface area (Å²) in [5.41, 5.74) is 1.09. The lowest BCUT2D eigenvalue weighted by Crippen LogP contribution is -2.03. The monoisotopic (exact) mass is 262 g/mol. The number of hydrogen-bond donors (Lipinski definition) is 1. The smallest absolute Gasteiger partial charge is 0.354 e. The van der Waals surface area contributed by atoms with Gasteiger partial charge in [0.2, 0.25) is 9.84 Å². The minimum absolute atomic E-state index is 0.0249. The van der Waals surface area contributed by atoms with Gasteiger partial charge in [0.05, 0.1) is 11.2 Å². The van der Waals surface area contributed by atoms with Gasteiger partial charge < -0.3 is 5.11 Å². The number of pyridine rings is 1. The molecule has 0 spiro atoms. The van der Waals surface area contributed by atoms with Crippen LogP contribution in [0.25, 0.3) is 10.9 Å². The quantitative estimate of drug-likeness (QED) is 0.837. The van der Waals surface area contributed by atoms with E-state index in [1.54, 1.807) is 12.1 Å². The molecule has 1 aromatic heterocycles. The molecule has 1 aliphatic rings. The number of sulfone groups is 1. The van der Waals surface area contributed by atoms with E-state index in [4.69, 9.17) is 5.11 Å². The van der Waals surface area contributed by atoms with E-state index in [0.29, 0.717) is 5.39 Å². The average Bonchev–Trinajstić information content (AvgIpc) is 2.65. The predicted molar refractivity (Wildman–Crippen MR) is 64.0 cm³/mol. The fourth-order valence-corrected chi connectivity index (χ4v) is 3.04. The zero-order valence-electron chi connectivity index (χ0n) is 8.86. The highest BCUT2D eigenvalue weighted by molar-refractivity contribution is 8.05. The van der Waals surface area contributed by atoms with Gasteiger partial charge in [0.15, 0.2) is 0 Å². The van der Waals surface area contributed by atoms with E-state index in [1.807, 2.05) is 0 Å². The molecule has 6 nitrogen and oxygen atoms in total. The van der Waals surface area contributed by atoms with Crippen LogP contribution >= 0.6 is 0 Å². The SMILES string of the molecule is O=C(O)c1ccc2ccc3c(c2n1)S(=O)(=O)C=N3. The van der Waals surface area contributed by atoms with Gasteiger partial charge in [-0.1, -0.05) is 12.1 Å². The molecule has 2 heterocycles. The number of carboxylic acids is 1. The third-order valence-corrected chi connectivity index (χ3v) is 3.98. The Labute approximate surface area is 102 Å². The third-order valence-electron chi connectivity index (χ3n) is 2.63. The summed E-state index contributed by atoms with van der Waals surface area (Å²) >= 11 is 0. The lowest BCUT2D eigenvalue weighted by Gasteiger charge is -2.03. The van der Waals surface area contributed by atoms with Gasteiger partial charge in [-0.05, 0) is 12.1 Å². The van der Waals surface area contributed by atoms with Crippen molar-refractivity contribution < 1.29 is 18.3 Å². The van der Waals surface area contributed by atoms with Crippen molar-refractivity contribution in [3.63, 3.8) is 0 Å². The molecule has 0 bridgehead atoms. The molecule has 0 aliphatic carbocycles. The first-order valence-electron chi connectivity index (χ1n) is 4.95. The summed E-state index contributed by atoms with van der Waals surface area (Å²) in [6, 6.07) is 6.09. The van der Waals surface area contributed by atoms with Crippen LogP contribution in [0.5, 0.6) is 0 Å². The summed E-state index contributed by atoms with van der Waals surface area (Å²) in [5, 5.41) is 9.44. The minimum Gasteiger partial charge on any atom is -0.477 e. The molecule has 7 heteroatoms. The van der Waals surface area contributed by atoms with E-state index >= 15 is 0 Å².